The molecule has 4 rings (SSSR count). The van der Waals surface area contributed by atoms with E-state index in [0.717, 1.165) is 0 Å². The number of hydrogen-bond acceptors (Lipinski definition) is 9. The van der Waals surface area contributed by atoms with Crippen molar-refractivity contribution in [2.45, 2.75) is 12.5 Å². The number of aryl methyl sites for hydroxylation is 1. The van der Waals surface area contributed by atoms with Crippen molar-refractivity contribution < 1.29 is 24.1 Å². The van der Waals surface area contributed by atoms with E-state index in [1.165, 1.54) is 36.5 Å². The molecule has 0 saturated heterocycles. The van der Waals surface area contributed by atoms with Crippen molar-refractivity contribution in [1.29, 1.82) is 0 Å². The Morgan fingerprint density at radius 1 is 1.12 bits per heavy atom. The molecule has 2 aromatic heterocycles. The van der Waals surface area contributed by atoms with Crippen LogP contribution in [0.3, 0.4) is 0 Å². The predicted octanol–water partition coefficient (Wildman–Crippen LogP) is 3.58. The van der Waals surface area contributed by atoms with Gasteiger partial charge in [0.25, 0.3) is 5.69 Å². The molecule has 160 valence electrons. The summed E-state index contributed by atoms with van der Waals surface area (Å²) in [6.45, 7) is 1.66. The van der Waals surface area contributed by atoms with Crippen LogP contribution < -0.4 is 4.74 Å². The summed E-state index contributed by atoms with van der Waals surface area (Å²) in [6.07, 6.45) is 1.68. The maximum atomic E-state index is 11.9. The number of aldehydes is 1. The van der Waals surface area contributed by atoms with Gasteiger partial charge in [-0.05, 0) is 29.8 Å². The number of nitro benzene ring substituents is 1. The van der Waals surface area contributed by atoms with Gasteiger partial charge in [-0.25, -0.2) is 4.98 Å². The fourth-order valence-electron chi connectivity index (χ4n) is 3.13. The van der Waals surface area contributed by atoms with Gasteiger partial charge < -0.3 is 14.4 Å². The summed E-state index contributed by atoms with van der Waals surface area (Å²) in [5.74, 6) is 1.22. The number of carbonyl (C=O) groups is 1. The number of carbonyl (C=O) groups excluding carboxylic acids is 1. The molecule has 0 fully saturated rings. The number of ether oxygens (including phenoxy) is 1. The van der Waals surface area contributed by atoms with E-state index in [4.69, 9.17) is 9.26 Å². The molecule has 4 aromatic rings. The Hall–Kier alpha value is -4.44. The third-order valence-corrected chi connectivity index (χ3v) is 4.69. The first-order valence-electron chi connectivity index (χ1n) is 9.38. The number of hydrogen-bond donors (Lipinski definition) is 1. The molecule has 0 bridgehead atoms. The van der Waals surface area contributed by atoms with E-state index in [1.807, 2.05) is 0 Å². The Balaban J connectivity index is 1.69. The molecule has 0 amide bonds. The Bertz CT molecular complexity index is 1270. The predicted molar refractivity (Wildman–Crippen MR) is 111 cm³/mol. The van der Waals surface area contributed by atoms with E-state index in [-0.39, 0.29) is 23.2 Å². The molecule has 1 N–H and O–H groups in total. The van der Waals surface area contributed by atoms with Gasteiger partial charge in [-0.3, -0.25) is 14.9 Å². The normalized spacial score (nSPS) is 12.7. The molecule has 0 aliphatic heterocycles. The van der Waals surface area contributed by atoms with Gasteiger partial charge in [0.1, 0.15) is 17.2 Å². The number of benzene rings is 2. The fraction of sp³-hybridized carbons (Fsp3) is 0.0909. The lowest BCUT2D eigenvalue weighted by Gasteiger charge is -2.23. The highest BCUT2D eigenvalue weighted by molar-refractivity contribution is 5.75. The van der Waals surface area contributed by atoms with Gasteiger partial charge in [-0.15, -0.1) is 0 Å². The molecule has 10 heteroatoms. The van der Waals surface area contributed by atoms with Crippen molar-refractivity contribution >= 4 is 12.0 Å². The second kappa shape index (κ2) is 8.36. The summed E-state index contributed by atoms with van der Waals surface area (Å²) < 4.78 is 10.7. The highest BCUT2D eigenvalue weighted by atomic mass is 16.6. The summed E-state index contributed by atoms with van der Waals surface area (Å²) in [5.41, 5.74) is -2.21. The molecule has 0 spiro atoms. The van der Waals surface area contributed by atoms with Crippen LogP contribution >= 0.6 is 0 Å². The van der Waals surface area contributed by atoms with E-state index in [1.54, 1.807) is 37.3 Å². The van der Waals surface area contributed by atoms with E-state index in [0.29, 0.717) is 23.2 Å². The van der Waals surface area contributed by atoms with Gasteiger partial charge >= 0.3 is 0 Å². The number of nitrogens with zero attached hydrogens (tertiary/aromatic N) is 4. The fourth-order valence-corrected chi connectivity index (χ4v) is 3.13. The molecule has 0 aliphatic carbocycles. The van der Waals surface area contributed by atoms with Crippen molar-refractivity contribution in [1.82, 2.24) is 15.1 Å². The highest BCUT2D eigenvalue weighted by Gasteiger charge is 2.38. The Kier molecular flexibility index (Phi) is 5.44. The third kappa shape index (κ3) is 3.94. The lowest BCUT2D eigenvalue weighted by molar-refractivity contribution is -0.386. The molecule has 32 heavy (non-hydrogen) atoms. The lowest BCUT2D eigenvalue weighted by Crippen LogP contribution is -2.30. The van der Waals surface area contributed by atoms with Crippen molar-refractivity contribution in [3.63, 3.8) is 0 Å². The van der Waals surface area contributed by atoms with Crippen LogP contribution in [-0.2, 0) is 10.4 Å². The van der Waals surface area contributed by atoms with Gasteiger partial charge in [-0.2, -0.15) is 4.98 Å². The zero-order valence-electron chi connectivity index (χ0n) is 16.7. The first kappa shape index (κ1) is 20.8. The lowest BCUT2D eigenvalue weighted by atomic mass is 9.86. The minimum Gasteiger partial charge on any atom is -0.456 e. The number of pyridine rings is 1. The molecular weight excluding hydrogens is 416 g/mol. The molecule has 10 nitrogen and oxygen atoms in total. The van der Waals surface area contributed by atoms with E-state index < -0.39 is 16.2 Å². The molecule has 0 aliphatic rings. The van der Waals surface area contributed by atoms with E-state index in [2.05, 4.69) is 15.1 Å². The van der Waals surface area contributed by atoms with Gasteiger partial charge in [0.2, 0.25) is 11.7 Å². The van der Waals surface area contributed by atoms with E-state index in [9.17, 15) is 20.0 Å². The van der Waals surface area contributed by atoms with E-state index >= 15 is 0 Å². The van der Waals surface area contributed by atoms with Gasteiger partial charge in [0.05, 0.1) is 16.7 Å². The first-order valence-corrected chi connectivity index (χ1v) is 9.38. The highest BCUT2D eigenvalue weighted by Crippen LogP contribution is 2.37. The molecule has 0 radical (unpaired) electrons. The first-order chi connectivity index (χ1) is 15.4. The van der Waals surface area contributed by atoms with Crippen LogP contribution in [-0.4, -0.2) is 31.4 Å². The molecule has 2 aromatic carbocycles. The summed E-state index contributed by atoms with van der Waals surface area (Å²) in [4.78, 5) is 31.1. The molecule has 0 saturated carbocycles. The monoisotopic (exact) mass is 432 g/mol. The quantitative estimate of drug-likeness (QED) is 0.263. The number of nitro groups is 1. The second-order valence-corrected chi connectivity index (χ2v) is 6.80. The van der Waals surface area contributed by atoms with Crippen molar-refractivity contribution in [2.24, 2.45) is 0 Å². The van der Waals surface area contributed by atoms with Crippen LogP contribution in [0.5, 0.6) is 11.5 Å². The molecule has 1 unspecified atom stereocenters. The summed E-state index contributed by atoms with van der Waals surface area (Å²) in [6, 6.07) is 15.0. The Morgan fingerprint density at radius 2 is 1.88 bits per heavy atom. The van der Waals surface area contributed by atoms with Crippen molar-refractivity contribution in [3.05, 3.63) is 94.0 Å². The maximum Gasteiger partial charge on any atom is 0.276 e. The van der Waals surface area contributed by atoms with Crippen LogP contribution in [0.4, 0.5) is 5.69 Å². The van der Waals surface area contributed by atoms with Crippen LogP contribution in [0.1, 0.15) is 17.0 Å². The third-order valence-electron chi connectivity index (χ3n) is 4.69. The zero-order chi connectivity index (χ0) is 22.7. The minimum absolute atomic E-state index is 0.173. The second-order valence-electron chi connectivity index (χ2n) is 6.80. The number of aliphatic hydroxyl groups is 1. The largest absolute Gasteiger partial charge is 0.456 e. The van der Waals surface area contributed by atoms with Crippen LogP contribution in [0, 0.1) is 17.0 Å². The number of aromatic nitrogens is 3. The minimum atomic E-state index is -2.23. The Labute approximate surface area is 181 Å². The topological polar surface area (TPSA) is 141 Å². The van der Waals surface area contributed by atoms with Crippen LogP contribution in [0.15, 0.2) is 71.4 Å². The van der Waals surface area contributed by atoms with Crippen LogP contribution in [0.25, 0.3) is 11.5 Å². The zero-order valence-corrected chi connectivity index (χ0v) is 16.7. The van der Waals surface area contributed by atoms with Crippen LogP contribution in [0.2, 0.25) is 0 Å². The van der Waals surface area contributed by atoms with Gasteiger partial charge in [0, 0.05) is 13.0 Å². The molecule has 1 atom stereocenters. The van der Waals surface area contributed by atoms with Crippen molar-refractivity contribution in [2.75, 3.05) is 0 Å². The average Bonchev–Trinajstić information content (AvgIpc) is 3.25. The molecule has 2 heterocycles. The van der Waals surface area contributed by atoms with Gasteiger partial charge in [0.15, 0.2) is 11.9 Å². The smallest absolute Gasteiger partial charge is 0.276 e. The summed E-state index contributed by atoms with van der Waals surface area (Å²) in [7, 11) is 0. The summed E-state index contributed by atoms with van der Waals surface area (Å²) in [5, 5.41) is 26.4. The standard InChI is InChI=1S/C22H16N4O6/c1-14-24-21(25-32-14)19-9-7-17(12-23-19)31-16-8-10-20(26(29)30)18(11-16)22(28,13-27)15-5-3-2-4-6-15/h2-13,28H,1H3. The SMILES string of the molecule is Cc1nc(-c2ccc(Oc3ccc([N+](=O)[O-])c(C(O)(C=O)c4ccccc4)c3)cn2)no1. The van der Waals surface area contributed by atoms with Gasteiger partial charge in [-0.1, -0.05) is 35.5 Å². The average molecular weight is 432 g/mol. The van der Waals surface area contributed by atoms with Crippen molar-refractivity contribution in [3.8, 4) is 23.0 Å². The Morgan fingerprint density at radius 3 is 2.47 bits per heavy atom. The number of rotatable bonds is 7. The molecular formula is C22H16N4O6. The summed E-state index contributed by atoms with van der Waals surface area (Å²) >= 11 is 0. The maximum absolute atomic E-state index is 11.9.